The number of fused-ring (bicyclic) bond motifs is 2. The van der Waals surface area contributed by atoms with Crippen LogP contribution in [0.2, 0.25) is 0 Å². The number of hydrogen-bond acceptors (Lipinski definition) is 11. The number of thioether (sulfide) groups is 1. The number of anilines is 1. The zero-order valence-corrected chi connectivity index (χ0v) is 22.7. The quantitative estimate of drug-likeness (QED) is 0.119. The van der Waals surface area contributed by atoms with Gasteiger partial charge in [-0.2, -0.15) is 0 Å². The number of aliphatic carboxylic acids is 2. The van der Waals surface area contributed by atoms with Gasteiger partial charge in [0.25, 0.3) is 11.8 Å². The van der Waals surface area contributed by atoms with Crippen molar-refractivity contribution < 1.29 is 43.2 Å². The van der Waals surface area contributed by atoms with Crippen LogP contribution in [0.4, 0.5) is 5.13 Å². The number of oxime groups is 1. The average Bonchev–Trinajstić information content (AvgIpc) is 3.55. The summed E-state index contributed by atoms with van der Waals surface area (Å²) in [5.41, 5.74) is 4.67. The highest BCUT2D eigenvalue weighted by molar-refractivity contribution is 8.00. The summed E-state index contributed by atoms with van der Waals surface area (Å²) in [5, 5.41) is 27.3. The molecule has 1 saturated heterocycles. The highest BCUT2D eigenvalue weighted by atomic mass is 32.2. The molecule has 3 aromatic rings. The van der Waals surface area contributed by atoms with Gasteiger partial charge in [0.2, 0.25) is 5.60 Å². The number of nitrogens with one attached hydrogen (secondary N) is 1. The molecule has 0 aliphatic carbocycles. The first-order chi connectivity index (χ1) is 19.0. The third-order valence-electron chi connectivity index (χ3n) is 6.22. The number of nitrogen functional groups attached to an aromatic ring is 1. The van der Waals surface area contributed by atoms with E-state index in [0.29, 0.717) is 16.9 Å². The molecule has 2 atom stereocenters. The van der Waals surface area contributed by atoms with Crippen LogP contribution in [0.5, 0.6) is 0 Å². The van der Waals surface area contributed by atoms with Crippen molar-refractivity contribution in [2.75, 3.05) is 11.5 Å². The fourth-order valence-electron chi connectivity index (χ4n) is 4.09. The van der Waals surface area contributed by atoms with Gasteiger partial charge in [-0.05, 0) is 19.9 Å². The summed E-state index contributed by atoms with van der Waals surface area (Å²) in [6.45, 7) is 2.74. The van der Waals surface area contributed by atoms with Gasteiger partial charge in [0.05, 0.1) is 11.6 Å². The number of carboxylic acid groups (broad SMARTS) is 2. The number of carbonyl (C=O) groups excluding carboxylic acids is 2. The Labute approximate surface area is 234 Å². The molecule has 0 spiro atoms. The van der Waals surface area contributed by atoms with Crippen LogP contribution in [0.25, 0.3) is 11.0 Å². The third-order valence-corrected chi connectivity index (χ3v) is 8.23. The zero-order valence-electron chi connectivity index (χ0n) is 21.1. The van der Waals surface area contributed by atoms with Gasteiger partial charge in [-0.1, -0.05) is 5.16 Å². The van der Waals surface area contributed by atoms with E-state index in [0.717, 1.165) is 21.6 Å². The van der Waals surface area contributed by atoms with Crippen molar-refractivity contribution in [2.24, 2.45) is 5.16 Å². The maximum atomic E-state index is 13.2. The minimum Gasteiger partial charge on any atom is -0.478 e. The summed E-state index contributed by atoms with van der Waals surface area (Å²) >= 11 is 2.34. The van der Waals surface area contributed by atoms with Crippen LogP contribution in [-0.2, 0) is 30.6 Å². The van der Waals surface area contributed by atoms with E-state index in [1.165, 1.54) is 31.0 Å². The van der Waals surface area contributed by atoms with E-state index in [4.69, 9.17) is 15.0 Å². The van der Waals surface area contributed by atoms with E-state index in [1.54, 1.807) is 29.2 Å². The Balaban J connectivity index is 1.36. The fraction of sp³-hybridized carbons (Fsp3) is 0.292. The molecule has 1 fully saturated rings. The highest BCUT2D eigenvalue weighted by Gasteiger charge is 2.55. The molecule has 0 saturated carbocycles. The van der Waals surface area contributed by atoms with Gasteiger partial charge >= 0.3 is 11.9 Å². The van der Waals surface area contributed by atoms with Gasteiger partial charge < -0.3 is 30.5 Å². The molecule has 2 aliphatic heterocycles. The molecule has 5 N–H and O–H groups in total. The summed E-state index contributed by atoms with van der Waals surface area (Å²) < 4.78 is 7.15. The number of aromatic nitrogens is 2. The maximum Gasteiger partial charge on any atom is 0.352 e. The van der Waals surface area contributed by atoms with Gasteiger partial charge in [-0.15, -0.1) is 23.1 Å². The molecule has 1 unspecified atom stereocenters. The van der Waals surface area contributed by atoms with E-state index in [2.05, 4.69) is 15.5 Å². The number of β-lactam (4-membered cyclic amide) rings is 1. The molecule has 208 valence electrons. The lowest BCUT2D eigenvalue weighted by Gasteiger charge is -2.49. The number of carboxylic acids is 2. The normalized spacial score (nSPS) is 19.3. The number of furan rings is 1. The second kappa shape index (κ2) is 10.3. The van der Waals surface area contributed by atoms with Crippen LogP contribution in [0.15, 0.2) is 57.0 Å². The Kier molecular flexibility index (Phi) is 6.97. The van der Waals surface area contributed by atoms with Crippen molar-refractivity contribution in [3.63, 3.8) is 0 Å². The summed E-state index contributed by atoms with van der Waals surface area (Å²) in [5.74, 6) is -3.74. The van der Waals surface area contributed by atoms with Crippen LogP contribution in [0.1, 0.15) is 19.5 Å². The first-order valence-electron chi connectivity index (χ1n) is 11.7. The predicted octanol–water partition coefficient (Wildman–Crippen LogP) is 0.782. The molecule has 0 radical (unpaired) electrons. The minimum atomic E-state index is -1.76. The lowest BCUT2D eigenvalue weighted by Crippen LogP contribution is -2.71. The Morgan fingerprint density at radius 1 is 1.35 bits per heavy atom. The van der Waals surface area contributed by atoms with Gasteiger partial charge in [-0.25, -0.2) is 19.1 Å². The Hall–Kier alpha value is -4.44. The minimum absolute atomic E-state index is 0.0288. The smallest absolute Gasteiger partial charge is 0.352 e. The Morgan fingerprint density at radius 3 is 2.80 bits per heavy atom. The highest BCUT2D eigenvalue weighted by Crippen LogP contribution is 2.40. The number of rotatable bonds is 9. The topological polar surface area (TPSA) is 202 Å². The molecule has 40 heavy (non-hydrogen) atoms. The lowest BCUT2D eigenvalue weighted by molar-refractivity contribution is -0.687. The van der Waals surface area contributed by atoms with Crippen molar-refractivity contribution in [2.45, 2.75) is 37.4 Å². The summed E-state index contributed by atoms with van der Waals surface area (Å²) in [6.07, 6.45) is 5.14. The first kappa shape index (κ1) is 27.1. The van der Waals surface area contributed by atoms with E-state index >= 15 is 0 Å². The van der Waals surface area contributed by atoms with Gasteiger partial charge in [-0.3, -0.25) is 14.5 Å². The monoisotopic (exact) mass is 587 g/mol. The number of nitrogens with zero attached hydrogens (tertiary/aromatic N) is 4. The Morgan fingerprint density at radius 2 is 2.12 bits per heavy atom. The number of thiazole rings is 1. The van der Waals surface area contributed by atoms with Crippen molar-refractivity contribution in [3.05, 3.63) is 53.1 Å². The summed E-state index contributed by atoms with van der Waals surface area (Å²) in [7, 11) is 0. The molecular formula is C24H23N6O8S2+. The second-order valence-electron chi connectivity index (χ2n) is 9.39. The van der Waals surface area contributed by atoms with Crippen molar-refractivity contribution in [3.8, 4) is 0 Å². The molecule has 0 aromatic carbocycles. The summed E-state index contributed by atoms with van der Waals surface area (Å²) in [4.78, 5) is 60.3. The largest absolute Gasteiger partial charge is 0.478 e. The fourth-order valence-corrected chi connectivity index (χ4v) is 5.97. The van der Waals surface area contributed by atoms with E-state index in [-0.39, 0.29) is 28.8 Å². The van der Waals surface area contributed by atoms with Crippen LogP contribution in [0, 0.1) is 0 Å². The van der Waals surface area contributed by atoms with Crippen LogP contribution in [0.3, 0.4) is 0 Å². The number of pyridine rings is 1. The van der Waals surface area contributed by atoms with Gasteiger partial charge in [0.1, 0.15) is 28.4 Å². The molecule has 16 heteroatoms. The number of amides is 2. The SMILES string of the molecule is CC(C)(O/N=C(\C(=O)NC1C(=O)N2C(C(=O)O)=C(C[n+]3ccc4occc4c3)CS[C@H]12)c1csc(N)n1)C(=O)O. The molecule has 0 bridgehead atoms. The molecule has 14 nitrogen and oxygen atoms in total. The Bertz CT molecular complexity index is 1610. The number of hydrogen-bond donors (Lipinski definition) is 4. The van der Waals surface area contributed by atoms with Crippen LogP contribution in [-0.4, -0.2) is 72.3 Å². The van der Waals surface area contributed by atoms with E-state index < -0.39 is 40.8 Å². The van der Waals surface area contributed by atoms with Gasteiger partial charge in [0.15, 0.2) is 29.8 Å². The summed E-state index contributed by atoms with van der Waals surface area (Å²) in [6, 6.07) is 2.50. The van der Waals surface area contributed by atoms with Crippen molar-refractivity contribution in [1.29, 1.82) is 0 Å². The van der Waals surface area contributed by atoms with Crippen molar-refractivity contribution in [1.82, 2.24) is 15.2 Å². The van der Waals surface area contributed by atoms with Crippen LogP contribution >= 0.6 is 23.1 Å². The predicted molar refractivity (Wildman–Crippen MR) is 142 cm³/mol. The molecule has 2 amide bonds. The molecular weight excluding hydrogens is 564 g/mol. The first-order valence-corrected chi connectivity index (χ1v) is 13.7. The number of carbonyl (C=O) groups is 4. The molecule has 3 aromatic heterocycles. The molecule has 5 heterocycles. The van der Waals surface area contributed by atoms with Crippen LogP contribution < -0.4 is 15.6 Å². The maximum absolute atomic E-state index is 13.2. The van der Waals surface area contributed by atoms with E-state index in [9.17, 15) is 29.4 Å². The van der Waals surface area contributed by atoms with Gasteiger partial charge in [0, 0.05) is 22.8 Å². The number of nitrogens with two attached hydrogens (primary N) is 1. The molecule has 2 aliphatic rings. The zero-order chi connectivity index (χ0) is 28.8. The van der Waals surface area contributed by atoms with Crippen molar-refractivity contribution >= 4 is 68.7 Å². The standard InChI is InChI=1S/C24H22N6O8S2/c1-24(2,22(35)36)38-28-15(13-10-40-23(25)26-13)18(31)27-16-19(32)30-17(21(33)34)12(9-39-20(16)30)8-29-5-3-14-11(7-29)4-6-37-14/h3-7,10,16,20H,8-9H2,1-2H3,(H4-,25,26,27,31,33,34,35,36)/p+1/b28-15-/t16?,20-/m1/s1. The molecule has 5 rings (SSSR count). The average molecular weight is 588 g/mol. The third kappa shape index (κ3) is 4.98. The second-order valence-corrected chi connectivity index (χ2v) is 11.4. The van der Waals surface area contributed by atoms with E-state index in [1.807, 2.05) is 6.20 Å². The lowest BCUT2D eigenvalue weighted by atomic mass is 10.0.